The van der Waals surface area contributed by atoms with Crippen molar-refractivity contribution in [2.24, 2.45) is 5.92 Å². The third-order valence-corrected chi connectivity index (χ3v) is 3.12. The van der Waals surface area contributed by atoms with Gasteiger partial charge >= 0.3 is 0 Å². The standard InChI is InChI=1S/C17H29NO/c1-13(2)12-18-11-10-15(5)16-8-6-7-9-17(16)19-14(3)4/h6-9,13-15,18H,10-12H2,1-5H3. The highest BCUT2D eigenvalue weighted by atomic mass is 16.5. The van der Waals surface area contributed by atoms with Crippen molar-refractivity contribution in [1.82, 2.24) is 5.32 Å². The Hall–Kier alpha value is -1.02. The molecule has 0 aliphatic rings. The van der Waals surface area contributed by atoms with Crippen LogP contribution in [0.1, 0.15) is 52.5 Å². The molecule has 0 spiro atoms. The molecule has 0 heterocycles. The van der Waals surface area contributed by atoms with E-state index < -0.39 is 0 Å². The summed E-state index contributed by atoms with van der Waals surface area (Å²) in [4.78, 5) is 0. The maximum Gasteiger partial charge on any atom is 0.123 e. The fourth-order valence-electron chi connectivity index (χ4n) is 2.11. The molecular formula is C17H29NO. The monoisotopic (exact) mass is 263 g/mol. The van der Waals surface area contributed by atoms with E-state index in [1.165, 1.54) is 5.56 Å². The van der Waals surface area contributed by atoms with Crippen molar-refractivity contribution in [3.63, 3.8) is 0 Å². The number of nitrogens with one attached hydrogen (secondary N) is 1. The summed E-state index contributed by atoms with van der Waals surface area (Å²) in [6, 6.07) is 8.41. The van der Waals surface area contributed by atoms with Gasteiger partial charge in [0.2, 0.25) is 0 Å². The van der Waals surface area contributed by atoms with Gasteiger partial charge in [-0.3, -0.25) is 0 Å². The summed E-state index contributed by atoms with van der Waals surface area (Å²) in [6.45, 7) is 13.1. The lowest BCUT2D eigenvalue weighted by Gasteiger charge is -2.19. The van der Waals surface area contributed by atoms with Crippen LogP contribution in [0, 0.1) is 5.92 Å². The van der Waals surface area contributed by atoms with Gasteiger partial charge in [-0.05, 0) is 56.8 Å². The number of hydrogen-bond donors (Lipinski definition) is 1. The molecule has 0 fully saturated rings. The van der Waals surface area contributed by atoms with Crippen molar-refractivity contribution in [3.05, 3.63) is 29.8 Å². The van der Waals surface area contributed by atoms with Gasteiger partial charge in [-0.2, -0.15) is 0 Å². The second-order valence-electron chi connectivity index (χ2n) is 5.99. The lowest BCUT2D eigenvalue weighted by molar-refractivity contribution is 0.238. The molecule has 2 heteroatoms. The zero-order valence-corrected chi connectivity index (χ0v) is 13.1. The molecule has 1 aromatic rings. The lowest BCUT2D eigenvalue weighted by atomic mass is 9.96. The first kappa shape index (κ1) is 16.0. The van der Waals surface area contributed by atoms with E-state index in [0.717, 1.165) is 25.3 Å². The molecule has 0 radical (unpaired) electrons. The van der Waals surface area contributed by atoms with Crippen LogP contribution in [-0.2, 0) is 0 Å². The zero-order valence-electron chi connectivity index (χ0n) is 13.1. The Morgan fingerprint density at radius 2 is 1.74 bits per heavy atom. The smallest absolute Gasteiger partial charge is 0.123 e. The first-order valence-corrected chi connectivity index (χ1v) is 7.47. The Balaban J connectivity index is 2.53. The SMILES string of the molecule is CC(C)CNCCC(C)c1ccccc1OC(C)C. The predicted molar refractivity (Wildman–Crippen MR) is 82.9 cm³/mol. The summed E-state index contributed by atoms with van der Waals surface area (Å²) in [5.41, 5.74) is 1.32. The van der Waals surface area contributed by atoms with E-state index >= 15 is 0 Å². The Morgan fingerprint density at radius 3 is 2.37 bits per heavy atom. The summed E-state index contributed by atoms with van der Waals surface area (Å²) >= 11 is 0. The van der Waals surface area contributed by atoms with Crippen LogP contribution in [-0.4, -0.2) is 19.2 Å². The predicted octanol–water partition coefficient (Wildman–Crippen LogP) is 4.21. The highest BCUT2D eigenvalue weighted by Crippen LogP contribution is 2.29. The highest BCUT2D eigenvalue weighted by Gasteiger charge is 2.12. The van der Waals surface area contributed by atoms with E-state index in [2.05, 4.69) is 58.1 Å². The highest BCUT2D eigenvalue weighted by molar-refractivity contribution is 5.36. The number of rotatable bonds is 8. The second kappa shape index (κ2) is 8.21. The Morgan fingerprint density at radius 1 is 1.05 bits per heavy atom. The number of ether oxygens (including phenoxy) is 1. The van der Waals surface area contributed by atoms with Gasteiger partial charge in [-0.1, -0.05) is 39.0 Å². The van der Waals surface area contributed by atoms with E-state index in [0.29, 0.717) is 11.8 Å². The van der Waals surface area contributed by atoms with Gasteiger partial charge in [0, 0.05) is 0 Å². The average molecular weight is 263 g/mol. The Bertz CT molecular complexity index is 360. The van der Waals surface area contributed by atoms with Crippen LogP contribution in [0.15, 0.2) is 24.3 Å². The van der Waals surface area contributed by atoms with Crippen LogP contribution < -0.4 is 10.1 Å². The minimum Gasteiger partial charge on any atom is -0.491 e. The number of benzene rings is 1. The number of hydrogen-bond acceptors (Lipinski definition) is 2. The van der Waals surface area contributed by atoms with Crippen molar-refractivity contribution < 1.29 is 4.74 Å². The molecular weight excluding hydrogens is 234 g/mol. The second-order valence-corrected chi connectivity index (χ2v) is 5.99. The van der Waals surface area contributed by atoms with Gasteiger partial charge in [0.15, 0.2) is 0 Å². The molecule has 1 atom stereocenters. The molecule has 0 bridgehead atoms. The van der Waals surface area contributed by atoms with Crippen molar-refractivity contribution >= 4 is 0 Å². The van der Waals surface area contributed by atoms with Crippen LogP contribution in [0.4, 0.5) is 0 Å². The van der Waals surface area contributed by atoms with Crippen molar-refractivity contribution in [1.29, 1.82) is 0 Å². The lowest BCUT2D eigenvalue weighted by Crippen LogP contribution is -2.22. The van der Waals surface area contributed by atoms with Gasteiger partial charge in [0.05, 0.1) is 6.10 Å². The maximum atomic E-state index is 5.89. The Labute approximate surface area is 118 Å². The quantitative estimate of drug-likeness (QED) is 0.709. The number of para-hydroxylation sites is 1. The van der Waals surface area contributed by atoms with Crippen molar-refractivity contribution in [2.45, 2.75) is 53.1 Å². The molecule has 0 amide bonds. The zero-order chi connectivity index (χ0) is 14.3. The molecule has 0 saturated heterocycles. The summed E-state index contributed by atoms with van der Waals surface area (Å²) in [7, 11) is 0. The van der Waals surface area contributed by atoms with E-state index in [-0.39, 0.29) is 6.10 Å². The Kier molecular flexibility index (Phi) is 6.93. The van der Waals surface area contributed by atoms with Gasteiger partial charge < -0.3 is 10.1 Å². The summed E-state index contributed by atoms with van der Waals surface area (Å²) in [5.74, 6) is 2.27. The third-order valence-electron chi connectivity index (χ3n) is 3.12. The van der Waals surface area contributed by atoms with Crippen molar-refractivity contribution in [2.75, 3.05) is 13.1 Å². The average Bonchev–Trinajstić information content (AvgIpc) is 2.34. The third kappa shape index (κ3) is 6.11. The van der Waals surface area contributed by atoms with E-state index in [9.17, 15) is 0 Å². The summed E-state index contributed by atoms with van der Waals surface area (Å²) < 4.78 is 5.89. The minimum atomic E-state index is 0.229. The molecule has 0 saturated carbocycles. The van der Waals surface area contributed by atoms with E-state index in [1.807, 2.05) is 6.07 Å². The summed E-state index contributed by atoms with van der Waals surface area (Å²) in [6.07, 6.45) is 1.37. The summed E-state index contributed by atoms with van der Waals surface area (Å²) in [5, 5.41) is 3.50. The van der Waals surface area contributed by atoms with Crippen LogP contribution in [0.5, 0.6) is 5.75 Å². The van der Waals surface area contributed by atoms with Gasteiger partial charge in [-0.25, -0.2) is 0 Å². The van der Waals surface area contributed by atoms with Gasteiger partial charge in [0.1, 0.15) is 5.75 Å². The molecule has 1 unspecified atom stereocenters. The maximum absolute atomic E-state index is 5.89. The van der Waals surface area contributed by atoms with Crippen LogP contribution in [0.25, 0.3) is 0 Å². The first-order valence-electron chi connectivity index (χ1n) is 7.47. The molecule has 0 aliphatic carbocycles. The van der Waals surface area contributed by atoms with Crippen LogP contribution in [0.2, 0.25) is 0 Å². The fourth-order valence-corrected chi connectivity index (χ4v) is 2.11. The van der Waals surface area contributed by atoms with Crippen LogP contribution >= 0.6 is 0 Å². The normalized spacial score (nSPS) is 13.0. The van der Waals surface area contributed by atoms with Crippen molar-refractivity contribution in [3.8, 4) is 5.75 Å². The molecule has 108 valence electrons. The molecule has 1 aromatic carbocycles. The molecule has 2 nitrogen and oxygen atoms in total. The molecule has 19 heavy (non-hydrogen) atoms. The molecule has 0 aliphatic heterocycles. The minimum absolute atomic E-state index is 0.229. The first-order chi connectivity index (χ1) is 9.00. The molecule has 1 N–H and O–H groups in total. The van der Waals surface area contributed by atoms with E-state index in [1.54, 1.807) is 0 Å². The molecule has 1 rings (SSSR count). The molecule has 0 aromatic heterocycles. The largest absolute Gasteiger partial charge is 0.491 e. The topological polar surface area (TPSA) is 21.3 Å². The fraction of sp³-hybridized carbons (Fsp3) is 0.647. The van der Waals surface area contributed by atoms with Crippen LogP contribution in [0.3, 0.4) is 0 Å². The van der Waals surface area contributed by atoms with E-state index in [4.69, 9.17) is 4.74 Å². The van der Waals surface area contributed by atoms with Gasteiger partial charge in [0.25, 0.3) is 0 Å². The van der Waals surface area contributed by atoms with Gasteiger partial charge in [-0.15, -0.1) is 0 Å².